The number of carboxylic acids is 1. The number of nitro benzene ring substituents is 1. The molecule has 8 heteroatoms. The van der Waals surface area contributed by atoms with Crippen molar-refractivity contribution in [2.24, 2.45) is 11.8 Å². The molecule has 1 aromatic carbocycles. The minimum atomic E-state index is -0.857. The lowest BCUT2D eigenvalue weighted by Crippen LogP contribution is -2.45. The van der Waals surface area contributed by atoms with Gasteiger partial charge in [0.1, 0.15) is 0 Å². The van der Waals surface area contributed by atoms with E-state index in [1.54, 1.807) is 6.92 Å². The Hall–Kier alpha value is -2.64. The van der Waals surface area contributed by atoms with Gasteiger partial charge >= 0.3 is 11.7 Å². The molecule has 0 bridgehead atoms. The number of nitro groups is 1. The molecule has 1 aliphatic heterocycles. The van der Waals surface area contributed by atoms with Gasteiger partial charge in [-0.15, -0.1) is 0 Å². The fourth-order valence-electron chi connectivity index (χ4n) is 2.85. The highest BCUT2D eigenvalue weighted by Gasteiger charge is 2.33. The number of carbonyl (C=O) groups is 2. The van der Waals surface area contributed by atoms with E-state index in [0.29, 0.717) is 19.5 Å². The van der Waals surface area contributed by atoms with Gasteiger partial charge in [-0.05, 0) is 24.5 Å². The molecule has 0 saturated carbocycles. The van der Waals surface area contributed by atoms with Gasteiger partial charge in [0.2, 0.25) is 0 Å². The van der Waals surface area contributed by atoms with E-state index in [4.69, 9.17) is 9.84 Å². The first-order valence-corrected chi connectivity index (χ1v) is 7.19. The summed E-state index contributed by atoms with van der Waals surface area (Å²) in [6, 6.07) is 4.05. The molecule has 2 rings (SSSR count). The third kappa shape index (κ3) is 3.41. The zero-order valence-electron chi connectivity index (χ0n) is 12.9. The van der Waals surface area contributed by atoms with Gasteiger partial charge < -0.3 is 14.7 Å². The lowest BCUT2D eigenvalue weighted by molar-refractivity contribution is -0.385. The summed E-state index contributed by atoms with van der Waals surface area (Å²) in [4.78, 5) is 35.6. The van der Waals surface area contributed by atoms with Gasteiger partial charge in [-0.2, -0.15) is 0 Å². The zero-order valence-corrected chi connectivity index (χ0v) is 12.9. The Kier molecular flexibility index (Phi) is 4.83. The minimum absolute atomic E-state index is 0.0875. The van der Waals surface area contributed by atoms with Crippen LogP contribution < -0.4 is 4.74 Å². The molecule has 1 aliphatic rings. The molecule has 0 spiro atoms. The van der Waals surface area contributed by atoms with Gasteiger partial charge in [-0.25, -0.2) is 0 Å². The first-order valence-electron chi connectivity index (χ1n) is 7.19. The lowest BCUT2D eigenvalue weighted by Gasteiger charge is -2.35. The van der Waals surface area contributed by atoms with Crippen molar-refractivity contribution in [1.82, 2.24) is 4.90 Å². The zero-order chi connectivity index (χ0) is 17.1. The number of piperidine rings is 1. The Balaban J connectivity index is 2.20. The van der Waals surface area contributed by atoms with E-state index in [9.17, 15) is 19.7 Å². The number of benzene rings is 1. The lowest BCUT2D eigenvalue weighted by atomic mass is 9.87. The maximum Gasteiger partial charge on any atom is 0.311 e. The second kappa shape index (κ2) is 6.64. The van der Waals surface area contributed by atoms with Crippen LogP contribution in [-0.4, -0.2) is 47.0 Å². The van der Waals surface area contributed by atoms with Gasteiger partial charge in [0.25, 0.3) is 5.91 Å². The van der Waals surface area contributed by atoms with Gasteiger partial charge in [0.05, 0.1) is 18.0 Å². The number of methoxy groups -OCH3 is 1. The van der Waals surface area contributed by atoms with E-state index in [2.05, 4.69) is 0 Å². The molecular formula is C15H18N2O6. The van der Waals surface area contributed by atoms with Crippen LogP contribution in [0.4, 0.5) is 5.69 Å². The van der Waals surface area contributed by atoms with E-state index < -0.39 is 16.8 Å². The molecule has 2 unspecified atom stereocenters. The van der Waals surface area contributed by atoms with Gasteiger partial charge in [-0.1, -0.05) is 6.92 Å². The SMILES string of the molecule is COc1ccc(C(=O)N2CCC(C(=O)O)C(C)C2)cc1[N+](=O)[O-]. The summed E-state index contributed by atoms with van der Waals surface area (Å²) >= 11 is 0. The summed E-state index contributed by atoms with van der Waals surface area (Å²) in [6.45, 7) is 2.42. The van der Waals surface area contributed by atoms with Gasteiger partial charge in [0, 0.05) is 24.7 Å². The van der Waals surface area contributed by atoms with Crippen molar-refractivity contribution in [3.05, 3.63) is 33.9 Å². The first-order chi connectivity index (χ1) is 10.8. The number of ether oxygens (including phenoxy) is 1. The summed E-state index contributed by atoms with van der Waals surface area (Å²) in [5.74, 6) is -1.75. The van der Waals surface area contributed by atoms with Gasteiger partial charge in [0.15, 0.2) is 5.75 Å². The van der Waals surface area contributed by atoms with Crippen LogP contribution in [0, 0.1) is 22.0 Å². The molecule has 0 aliphatic carbocycles. The molecule has 1 heterocycles. The van der Waals surface area contributed by atoms with Crippen molar-refractivity contribution in [3.8, 4) is 5.75 Å². The molecule has 1 N–H and O–H groups in total. The summed E-state index contributed by atoms with van der Waals surface area (Å²) in [7, 11) is 1.32. The van der Waals surface area contributed by atoms with Crippen LogP contribution in [0.5, 0.6) is 5.75 Å². The number of hydrogen-bond acceptors (Lipinski definition) is 5. The Morgan fingerprint density at radius 2 is 2.13 bits per heavy atom. The fourth-order valence-corrected chi connectivity index (χ4v) is 2.85. The quantitative estimate of drug-likeness (QED) is 0.668. The number of aliphatic carboxylic acids is 1. The smallest absolute Gasteiger partial charge is 0.311 e. The molecule has 1 aromatic rings. The number of likely N-dealkylation sites (tertiary alicyclic amines) is 1. The largest absolute Gasteiger partial charge is 0.490 e. The van der Waals surface area contributed by atoms with E-state index in [0.717, 1.165) is 0 Å². The third-order valence-corrected chi connectivity index (χ3v) is 4.13. The number of carboxylic acid groups (broad SMARTS) is 1. The van der Waals surface area contributed by atoms with E-state index in [1.807, 2.05) is 0 Å². The molecule has 0 aromatic heterocycles. The molecule has 8 nitrogen and oxygen atoms in total. The number of nitrogens with zero attached hydrogens (tertiary/aromatic N) is 2. The molecular weight excluding hydrogens is 304 g/mol. The second-order valence-corrected chi connectivity index (χ2v) is 5.61. The maximum absolute atomic E-state index is 12.5. The monoisotopic (exact) mass is 322 g/mol. The van der Waals surface area contributed by atoms with Crippen molar-refractivity contribution in [2.75, 3.05) is 20.2 Å². The molecule has 1 amide bonds. The standard InChI is InChI=1S/C15H18N2O6/c1-9-8-16(6-5-11(9)15(19)20)14(18)10-3-4-13(23-2)12(7-10)17(21)22/h3-4,7,9,11H,5-6,8H2,1-2H3,(H,19,20). The van der Waals surface area contributed by atoms with Crippen LogP contribution >= 0.6 is 0 Å². The predicted octanol–water partition coefficient (Wildman–Crippen LogP) is 1.79. The number of amides is 1. The topological polar surface area (TPSA) is 110 Å². The van der Waals surface area contributed by atoms with Crippen molar-refractivity contribution in [1.29, 1.82) is 0 Å². The second-order valence-electron chi connectivity index (χ2n) is 5.61. The molecule has 2 atom stereocenters. The molecule has 1 fully saturated rings. The molecule has 0 radical (unpaired) electrons. The summed E-state index contributed by atoms with van der Waals surface area (Å²) in [6.07, 6.45) is 0.375. The van der Waals surface area contributed by atoms with Crippen LogP contribution in [-0.2, 0) is 4.79 Å². The van der Waals surface area contributed by atoms with Crippen LogP contribution in [0.1, 0.15) is 23.7 Å². The Morgan fingerprint density at radius 3 is 2.65 bits per heavy atom. The number of carbonyl (C=O) groups excluding carboxylic acids is 1. The number of rotatable bonds is 4. The van der Waals surface area contributed by atoms with E-state index in [1.165, 1.54) is 30.2 Å². The van der Waals surface area contributed by atoms with E-state index >= 15 is 0 Å². The summed E-state index contributed by atoms with van der Waals surface area (Å²) < 4.78 is 4.91. The van der Waals surface area contributed by atoms with E-state index in [-0.39, 0.29) is 28.8 Å². The number of hydrogen-bond donors (Lipinski definition) is 1. The average Bonchev–Trinajstić information content (AvgIpc) is 2.52. The molecule has 1 saturated heterocycles. The Labute approximate surface area is 132 Å². The van der Waals surface area contributed by atoms with Crippen LogP contribution in [0.3, 0.4) is 0 Å². The van der Waals surface area contributed by atoms with Crippen LogP contribution in [0.25, 0.3) is 0 Å². The molecule has 124 valence electrons. The maximum atomic E-state index is 12.5. The van der Waals surface area contributed by atoms with Crippen LogP contribution in [0.15, 0.2) is 18.2 Å². The normalized spacial score (nSPS) is 20.9. The summed E-state index contributed by atoms with van der Waals surface area (Å²) in [5, 5.41) is 20.2. The highest BCUT2D eigenvalue weighted by atomic mass is 16.6. The van der Waals surface area contributed by atoms with Crippen molar-refractivity contribution < 1.29 is 24.4 Å². The first kappa shape index (κ1) is 16.7. The highest BCUT2D eigenvalue weighted by molar-refractivity contribution is 5.95. The molecule has 23 heavy (non-hydrogen) atoms. The van der Waals surface area contributed by atoms with Gasteiger partial charge in [-0.3, -0.25) is 19.7 Å². The van der Waals surface area contributed by atoms with Crippen molar-refractivity contribution >= 4 is 17.6 Å². The van der Waals surface area contributed by atoms with Crippen LogP contribution in [0.2, 0.25) is 0 Å². The van der Waals surface area contributed by atoms with Crippen molar-refractivity contribution in [3.63, 3.8) is 0 Å². The average molecular weight is 322 g/mol. The fraction of sp³-hybridized carbons (Fsp3) is 0.467. The summed E-state index contributed by atoms with van der Waals surface area (Å²) in [5.41, 5.74) is -0.0784. The minimum Gasteiger partial charge on any atom is -0.490 e. The van der Waals surface area contributed by atoms with Crippen molar-refractivity contribution in [2.45, 2.75) is 13.3 Å². The predicted molar refractivity (Wildman–Crippen MR) is 80.5 cm³/mol. The third-order valence-electron chi connectivity index (χ3n) is 4.13. The highest BCUT2D eigenvalue weighted by Crippen LogP contribution is 2.29. The Morgan fingerprint density at radius 1 is 1.43 bits per heavy atom. The Bertz CT molecular complexity index is 645.